The highest BCUT2D eigenvalue weighted by atomic mass is 16.6. The fourth-order valence-corrected chi connectivity index (χ4v) is 2.07. The number of rotatable bonds is 4. The van der Waals surface area contributed by atoms with Crippen LogP contribution in [-0.4, -0.2) is 38.4 Å². The second kappa shape index (κ2) is 6.08. The highest BCUT2D eigenvalue weighted by molar-refractivity contribution is 5.73. The first-order chi connectivity index (χ1) is 7.19. The molecule has 0 aromatic rings. The van der Waals surface area contributed by atoms with Crippen molar-refractivity contribution in [3.05, 3.63) is 0 Å². The van der Waals surface area contributed by atoms with Gasteiger partial charge < -0.3 is 14.8 Å². The Morgan fingerprint density at radius 2 is 2.07 bits per heavy atom. The third-order valence-electron chi connectivity index (χ3n) is 2.99. The number of methoxy groups -OCH3 is 1. The summed E-state index contributed by atoms with van der Waals surface area (Å²) >= 11 is 0. The molecule has 1 aliphatic carbocycles. The minimum Gasteiger partial charge on any atom is -0.467 e. The van der Waals surface area contributed by atoms with Crippen molar-refractivity contribution in [2.75, 3.05) is 14.2 Å². The van der Waals surface area contributed by atoms with Crippen LogP contribution < -0.4 is 5.32 Å². The number of hydrogen-bond acceptors (Lipinski definition) is 4. The molecular weight excluding hydrogens is 194 g/mol. The van der Waals surface area contributed by atoms with E-state index in [0.29, 0.717) is 6.04 Å². The van der Waals surface area contributed by atoms with E-state index in [4.69, 9.17) is 4.74 Å². The Morgan fingerprint density at radius 3 is 2.67 bits per heavy atom. The Hall–Kier alpha value is -0.610. The fourth-order valence-electron chi connectivity index (χ4n) is 2.07. The number of likely N-dealkylation sites (N-methyl/N-ethyl adjacent to an activating group) is 1. The Balaban J connectivity index is 2.43. The second-order valence-electron chi connectivity index (χ2n) is 4.02. The molecule has 1 N–H and O–H groups in total. The lowest BCUT2D eigenvalue weighted by molar-refractivity contribution is -0.158. The van der Waals surface area contributed by atoms with Gasteiger partial charge in [0, 0.05) is 6.04 Å². The summed E-state index contributed by atoms with van der Waals surface area (Å²) in [5, 5.41) is 3.24. The molecule has 0 bridgehead atoms. The Bertz CT molecular complexity index is 208. The van der Waals surface area contributed by atoms with Crippen LogP contribution in [0.2, 0.25) is 0 Å². The molecule has 0 aromatic heterocycles. The summed E-state index contributed by atoms with van der Waals surface area (Å²) in [4.78, 5) is 11.2. The molecule has 1 fully saturated rings. The van der Waals surface area contributed by atoms with E-state index in [1.807, 2.05) is 7.05 Å². The molecule has 15 heavy (non-hydrogen) atoms. The van der Waals surface area contributed by atoms with Gasteiger partial charge in [-0.2, -0.15) is 0 Å². The van der Waals surface area contributed by atoms with Gasteiger partial charge in [0.15, 0.2) is 6.10 Å². The van der Waals surface area contributed by atoms with E-state index in [2.05, 4.69) is 10.1 Å². The first-order valence-electron chi connectivity index (χ1n) is 5.59. The number of carbonyl (C=O) groups is 1. The van der Waals surface area contributed by atoms with E-state index in [0.717, 1.165) is 12.8 Å². The zero-order chi connectivity index (χ0) is 11.3. The second-order valence-corrected chi connectivity index (χ2v) is 4.02. The van der Waals surface area contributed by atoms with Gasteiger partial charge in [0.2, 0.25) is 0 Å². The molecule has 4 heteroatoms. The standard InChI is InChI=1S/C11H21NO3/c1-8(11(13)14-3)15-10-7-5-4-6-9(10)12-2/h8-10,12H,4-7H2,1-3H3. The third-order valence-corrected chi connectivity index (χ3v) is 2.99. The average molecular weight is 215 g/mol. The molecule has 0 amide bonds. The van der Waals surface area contributed by atoms with Crippen molar-refractivity contribution >= 4 is 5.97 Å². The van der Waals surface area contributed by atoms with Crippen molar-refractivity contribution in [2.24, 2.45) is 0 Å². The molecule has 0 saturated heterocycles. The normalized spacial score (nSPS) is 28.5. The maximum Gasteiger partial charge on any atom is 0.334 e. The van der Waals surface area contributed by atoms with E-state index < -0.39 is 6.10 Å². The predicted molar refractivity (Wildman–Crippen MR) is 57.7 cm³/mol. The van der Waals surface area contributed by atoms with Crippen LogP contribution in [0.4, 0.5) is 0 Å². The van der Waals surface area contributed by atoms with Gasteiger partial charge >= 0.3 is 5.97 Å². The summed E-state index contributed by atoms with van der Waals surface area (Å²) < 4.78 is 10.3. The van der Waals surface area contributed by atoms with Crippen LogP contribution in [0.3, 0.4) is 0 Å². The van der Waals surface area contributed by atoms with E-state index in [9.17, 15) is 4.79 Å². The molecule has 0 aliphatic heterocycles. The van der Waals surface area contributed by atoms with Gasteiger partial charge in [-0.1, -0.05) is 12.8 Å². The molecular formula is C11H21NO3. The Kier molecular flexibility index (Phi) is 5.05. The van der Waals surface area contributed by atoms with Gasteiger partial charge in [0.05, 0.1) is 13.2 Å². The van der Waals surface area contributed by atoms with Crippen LogP contribution in [-0.2, 0) is 14.3 Å². The lowest BCUT2D eigenvalue weighted by Gasteiger charge is -2.32. The molecule has 0 aromatic carbocycles. The van der Waals surface area contributed by atoms with Crippen LogP contribution in [0.5, 0.6) is 0 Å². The monoisotopic (exact) mass is 215 g/mol. The minimum atomic E-state index is -0.464. The summed E-state index contributed by atoms with van der Waals surface area (Å²) in [6.45, 7) is 1.74. The number of nitrogens with one attached hydrogen (secondary N) is 1. The molecule has 88 valence electrons. The van der Waals surface area contributed by atoms with E-state index in [-0.39, 0.29) is 12.1 Å². The van der Waals surface area contributed by atoms with Crippen molar-refractivity contribution < 1.29 is 14.3 Å². The molecule has 0 heterocycles. The first kappa shape index (κ1) is 12.5. The number of ether oxygens (including phenoxy) is 2. The van der Waals surface area contributed by atoms with Crippen LogP contribution in [0.1, 0.15) is 32.6 Å². The molecule has 3 unspecified atom stereocenters. The number of carbonyl (C=O) groups excluding carboxylic acids is 1. The summed E-state index contributed by atoms with van der Waals surface area (Å²) in [5.41, 5.74) is 0. The smallest absolute Gasteiger partial charge is 0.334 e. The maximum absolute atomic E-state index is 11.2. The van der Waals surface area contributed by atoms with Gasteiger partial charge in [-0.15, -0.1) is 0 Å². The summed E-state index contributed by atoms with van der Waals surface area (Å²) in [6, 6.07) is 0.367. The lowest BCUT2D eigenvalue weighted by atomic mass is 9.92. The molecule has 0 radical (unpaired) electrons. The average Bonchev–Trinajstić information content (AvgIpc) is 2.28. The summed E-state index contributed by atoms with van der Waals surface area (Å²) in [6.07, 6.45) is 4.23. The van der Waals surface area contributed by atoms with Crippen molar-refractivity contribution in [1.29, 1.82) is 0 Å². The summed E-state index contributed by atoms with van der Waals surface area (Å²) in [7, 11) is 3.33. The highest BCUT2D eigenvalue weighted by Crippen LogP contribution is 2.22. The van der Waals surface area contributed by atoms with Gasteiger partial charge in [-0.25, -0.2) is 4.79 Å². The molecule has 0 spiro atoms. The minimum absolute atomic E-state index is 0.137. The molecule has 4 nitrogen and oxygen atoms in total. The predicted octanol–water partition coefficient (Wildman–Crippen LogP) is 1.10. The van der Waals surface area contributed by atoms with Crippen molar-refractivity contribution in [3.63, 3.8) is 0 Å². The van der Waals surface area contributed by atoms with E-state index >= 15 is 0 Å². The zero-order valence-corrected chi connectivity index (χ0v) is 9.79. The van der Waals surface area contributed by atoms with Crippen molar-refractivity contribution in [2.45, 2.75) is 50.9 Å². The molecule has 1 rings (SSSR count). The largest absolute Gasteiger partial charge is 0.467 e. The molecule has 3 atom stereocenters. The number of hydrogen-bond donors (Lipinski definition) is 1. The summed E-state index contributed by atoms with van der Waals surface area (Å²) in [5.74, 6) is -0.296. The SMILES string of the molecule is CNC1CCCCC1OC(C)C(=O)OC. The van der Waals surface area contributed by atoms with Crippen molar-refractivity contribution in [3.8, 4) is 0 Å². The van der Waals surface area contributed by atoms with Crippen LogP contribution >= 0.6 is 0 Å². The maximum atomic E-state index is 11.2. The van der Waals surface area contributed by atoms with Gasteiger partial charge in [0.1, 0.15) is 0 Å². The fraction of sp³-hybridized carbons (Fsp3) is 0.909. The lowest BCUT2D eigenvalue weighted by Crippen LogP contribution is -2.44. The number of esters is 1. The van der Waals surface area contributed by atoms with Crippen LogP contribution in [0.15, 0.2) is 0 Å². The zero-order valence-electron chi connectivity index (χ0n) is 9.79. The highest BCUT2D eigenvalue weighted by Gasteiger charge is 2.28. The van der Waals surface area contributed by atoms with Gasteiger partial charge in [-0.3, -0.25) is 0 Å². The van der Waals surface area contributed by atoms with E-state index in [1.54, 1.807) is 6.92 Å². The molecule has 1 aliphatic rings. The van der Waals surface area contributed by atoms with E-state index in [1.165, 1.54) is 20.0 Å². The third kappa shape index (κ3) is 3.47. The molecule has 1 saturated carbocycles. The van der Waals surface area contributed by atoms with Gasteiger partial charge in [0.25, 0.3) is 0 Å². The van der Waals surface area contributed by atoms with Crippen LogP contribution in [0.25, 0.3) is 0 Å². The van der Waals surface area contributed by atoms with Gasteiger partial charge in [-0.05, 0) is 26.8 Å². The van der Waals surface area contributed by atoms with Crippen molar-refractivity contribution in [1.82, 2.24) is 5.32 Å². The Morgan fingerprint density at radius 1 is 1.40 bits per heavy atom. The topological polar surface area (TPSA) is 47.6 Å². The van der Waals surface area contributed by atoms with Crippen LogP contribution in [0, 0.1) is 0 Å². The first-order valence-corrected chi connectivity index (χ1v) is 5.59. The quantitative estimate of drug-likeness (QED) is 0.713. The Labute approximate surface area is 91.3 Å².